The molecule has 5 nitrogen and oxygen atoms in total. The molecule has 2 amide bonds. The number of methoxy groups -OCH3 is 1. The molecular weight excluding hydrogens is 388 g/mol. The van der Waals surface area contributed by atoms with Crippen molar-refractivity contribution in [2.24, 2.45) is 0 Å². The van der Waals surface area contributed by atoms with Crippen LogP contribution in [0, 0.1) is 0 Å². The minimum absolute atomic E-state index is 0.130. The Hall–Kier alpha value is -3.60. The Morgan fingerprint density at radius 3 is 2.35 bits per heavy atom. The zero-order valence-corrected chi connectivity index (χ0v) is 17.8. The van der Waals surface area contributed by atoms with Gasteiger partial charge in [0.1, 0.15) is 11.3 Å². The fourth-order valence-corrected chi connectivity index (χ4v) is 4.05. The molecule has 3 aromatic carbocycles. The average molecular weight is 415 g/mol. The summed E-state index contributed by atoms with van der Waals surface area (Å²) in [4.78, 5) is 28.6. The summed E-state index contributed by atoms with van der Waals surface area (Å²) in [5.41, 5.74) is 2.51. The predicted molar refractivity (Wildman–Crippen MR) is 120 cm³/mol. The quantitative estimate of drug-likeness (QED) is 0.664. The van der Waals surface area contributed by atoms with Crippen LogP contribution in [0.1, 0.15) is 34.0 Å². The number of fused-ring (bicyclic) bond motifs is 1. The van der Waals surface area contributed by atoms with Crippen LogP contribution in [0.25, 0.3) is 0 Å². The average Bonchev–Trinajstić information content (AvgIpc) is 2.81. The molecule has 1 atom stereocenters. The predicted octanol–water partition coefficient (Wildman–Crippen LogP) is 3.97. The van der Waals surface area contributed by atoms with Crippen molar-refractivity contribution in [1.29, 1.82) is 0 Å². The van der Waals surface area contributed by atoms with Gasteiger partial charge < -0.3 is 15.0 Å². The third-order valence-corrected chi connectivity index (χ3v) is 5.91. The zero-order chi connectivity index (χ0) is 21.8. The van der Waals surface area contributed by atoms with Crippen molar-refractivity contribution in [1.82, 2.24) is 10.2 Å². The van der Waals surface area contributed by atoms with E-state index in [0.29, 0.717) is 25.1 Å². The van der Waals surface area contributed by atoms with E-state index in [0.717, 1.165) is 22.4 Å². The van der Waals surface area contributed by atoms with E-state index >= 15 is 0 Å². The van der Waals surface area contributed by atoms with Gasteiger partial charge in [-0.15, -0.1) is 0 Å². The van der Waals surface area contributed by atoms with Crippen LogP contribution in [-0.4, -0.2) is 29.4 Å². The molecule has 1 unspecified atom stereocenters. The molecule has 5 heteroatoms. The molecule has 0 fully saturated rings. The smallest absolute Gasteiger partial charge is 0.255 e. The van der Waals surface area contributed by atoms with E-state index in [1.54, 1.807) is 12.0 Å². The first-order valence-electron chi connectivity index (χ1n) is 10.4. The molecule has 1 aliphatic rings. The van der Waals surface area contributed by atoms with E-state index in [4.69, 9.17) is 4.74 Å². The molecule has 0 radical (unpaired) electrons. The first kappa shape index (κ1) is 20.7. The van der Waals surface area contributed by atoms with Crippen molar-refractivity contribution in [2.45, 2.75) is 32.0 Å². The van der Waals surface area contributed by atoms with E-state index < -0.39 is 5.54 Å². The molecule has 3 aromatic rings. The number of hydrogen-bond acceptors (Lipinski definition) is 3. The van der Waals surface area contributed by atoms with E-state index in [1.165, 1.54) is 0 Å². The van der Waals surface area contributed by atoms with Crippen molar-refractivity contribution in [3.05, 3.63) is 101 Å². The van der Waals surface area contributed by atoms with Crippen LogP contribution in [0.4, 0.5) is 0 Å². The highest BCUT2D eigenvalue weighted by Gasteiger charge is 2.46. The van der Waals surface area contributed by atoms with Gasteiger partial charge in [-0.25, -0.2) is 0 Å². The summed E-state index contributed by atoms with van der Waals surface area (Å²) in [6.45, 7) is 2.61. The SMILES string of the molecule is COc1ccc(CN2C(=O)c3ccccc3CC2(C)C(=O)NCc2ccccc2)cc1. The third kappa shape index (κ3) is 4.17. The molecule has 0 saturated carbocycles. The highest BCUT2D eigenvalue weighted by Crippen LogP contribution is 2.33. The van der Waals surface area contributed by atoms with E-state index in [1.807, 2.05) is 85.8 Å². The number of ether oxygens (including phenoxy) is 1. The summed E-state index contributed by atoms with van der Waals surface area (Å²) in [6.07, 6.45) is 0.464. The van der Waals surface area contributed by atoms with E-state index in [-0.39, 0.29) is 11.8 Å². The molecule has 0 bridgehead atoms. The summed E-state index contributed by atoms with van der Waals surface area (Å²) >= 11 is 0. The number of rotatable bonds is 6. The van der Waals surface area contributed by atoms with E-state index in [2.05, 4.69) is 5.32 Å². The van der Waals surface area contributed by atoms with Gasteiger partial charge in [-0.05, 0) is 41.8 Å². The van der Waals surface area contributed by atoms with Gasteiger partial charge in [-0.2, -0.15) is 0 Å². The third-order valence-electron chi connectivity index (χ3n) is 5.91. The van der Waals surface area contributed by atoms with Crippen LogP contribution in [0.5, 0.6) is 5.75 Å². The second kappa shape index (κ2) is 8.64. The van der Waals surface area contributed by atoms with Crippen molar-refractivity contribution >= 4 is 11.8 Å². The number of carbonyl (C=O) groups is 2. The van der Waals surface area contributed by atoms with Crippen molar-refractivity contribution in [3.8, 4) is 5.75 Å². The lowest BCUT2D eigenvalue weighted by Crippen LogP contribution is -2.62. The van der Waals surface area contributed by atoms with Gasteiger partial charge in [-0.1, -0.05) is 60.7 Å². The summed E-state index contributed by atoms with van der Waals surface area (Å²) < 4.78 is 5.24. The van der Waals surface area contributed by atoms with Crippen LogP contribution in [0.15, 0.2) is 78.9 Å². The largest absolute Gasteiger partial charge is 0.497 e. The van der Waals surface area contributed by atoms with Crippen LogP contribution in [0.2, 0.25) is 0 Å². The topological polar surface area (TPSA) is 58.6 Å². The number of carbonyl (C=O) groups excluding carboxylic acids is 2. The van der Waals surface area contributed by atoms with Gasteiger partial charge in [-0.3, -0.25) is 9.59 Å². The fraction of sp³-hybridized carbons (Fsp3) is 0.231. The number of hydrogen-bond donors (Lipinski definition) is 1. The number of nitrogens with zero attached hydrogens (tertiary/aromatic N) is 1. The number of nitrogens with one attached hydrogen (secondary N) is 1. The maximum Gasteiger partial charge on any atom is 0.255 e. The molecule has 0 saturated heterocycles. The molecule has 0 aliphatic carbocycles. The lowest BCUT2D eigenvalue weighted by atomic mass is 9.82. The lowest BCUT2D eigenvalue weighted by molar-refractivity contribution is -0.132. The Bertz CT molecular complexity index is 1080. The van der Waals surface area contributed by atoms with Crippen LogP contribution in [-0.2, 0) is 24.3 Å². The zero-order valence-electron chi connectivity index (χ0n) is 17.8. The first-order valence-corrected chi connectivity index (χ1v) is 10.4. The van der Waals surface area contributed by atoms with Crippen molar-refractivity contribution in [3.63, 3.8) is 0 Å². The molecule has 1 heterocycles. The summed E-state index contributed by atoms with van der Waals surface area (Å²) in [5.74, 6) is 0.463. The molecule has 1 N–H and O–H groups in total. The van der Waals surface area contributed by atoms with E-state index in [9.17, 15) is 9.59 Å². The van der Waals surface area contributed by atoms with Gasteiger partial charge >= 0.3 is 0 Å². The minimum atomic E-state index is -1.000. The minimum Gasteiger partial charge on any atom is -0.497 e. The summed E-state index contributed by atoms with van der Waals surface area (Å²) in [7, 11) is 1.62. The second-order valence-corrected chi connectivity index (χ2v) is 8.02. The van der Waals surface area contributed by atoms with Gasteiger partial charge in [0.15, 0.2) is 0 Å². The van der Waals surface area contributed by atoms with Crippen LogP contribution in [0.3, 0.4) is 0 Å². The second-order valence-electron chi connectivity index (χ2n) is 8.02. The van der Waals surface area contributed by atoms with Crippen LogP contribution >= 0.6 is 0 Å². The normalized spacial score (nSPS) is 17.7. The standard InChI is InChI=1S/C26H26N2O3/c1-26(25(30)27-17-19-8-4-3-5-9-19)16-21-10-6-7-11-23(21)24(29)28(26)18-20-12-14-22(31-2)15-13-20/h3-15H,16-18H2,1-2H3,(H,27,30). The molecule has 0 aromatic heterocycles. The Morgan fingerprint density at radius 1 is 0.968 bits per heavy atom. The van der Waals surface area contributed by atoms with Gasteiger partial charge in [0.2, 0.25) is 5.91 Å². The molecule has 31 heavy (non-hydrogen) atoms. The maximum absolute atomic E-state index is 13.5. The maximum atomic E-state index is 13.5. The highest BCUT2D eigenvalue weighted by molar-refractivity contribution is 6.02. The summed E-state index contributed by atoms with van der Waals surface area (Å²) in [6, 6.07) is 24.9. The number of benzene rings is 3. The van der Waals surface area contributed by atoms with Gasteiger partial charge in [0, 0.05) is 25.1 Å². The molecule has 4 rings (SSSR count). The van der Waals surface area contributed by atoms with Crippen LogP contribution < -0.4 is 10.1 Å². The van der Waals surface area contributed by atoms with Crippen molar-refractivity contribution in [2.75, 3.05) is 7.11 Å². The molecule has 158 valence electrons. The Morgan fingerprint density at radius 2 is 1.65 bits per heavy atom. The monoisotopic (exact) mass is 414 g/mol. The lowest BCUT2D eigenvalue weighted by Gasteiger charge is -2.44. The van der Waals surface area contributed by atoms with Gasteiger partial charge in [0.05, 0.1) is 7.11 Å². The fourth-order valence-electron chi connectivity index (χ4n) is 4.05. The Labute approximate surface area is 182 Å². The highest BCUT2D eigenvalue weighted by atomic mass is 16.5. The molecular formula is C26H26N2O3. The van der Waals surface area contributed by atoms with Gasteiger partial charge in [0.25, 0.3) is 5.91 Å². The number of amides is 2. The molecule has 1 aliphatic heterocycles. The molecule has 0 spiro atoms. The Kier molecular flexibility index (Phi) is 5.76. The summed E-state index contributed by atoms with van der Waals surface area (Å²) in [5, 5.41) is 3.04. The first-order chi connectivity index (χ1) is 15.0. The van der Waals surface area contributed by atoms with Crippen molar-refractivity contribution < 1.29 is 14.3 Å². The Balaban J connectivity index is 1.64.